The monoisotopic (exact) mass is 262 g/mol. The quantitative estimate of drug-likeness (QED) is 0.785. The third-order valence-corrected chi connectivity index (χ3v) is 3.61. The third kappa shape index (κ3) is 3.77. The lowest BCUT2D eigenvalue weighted by Gasteiger charge is -2.37. The number of piperidine rings is 1. The van der Waals surface area contributed by atoms with Gasteiger partial charge in [0.1, 0.15) is 0 Å². The summed E-state index contributed by atoms with van der Waals surface area (Å²) in [6.45, 7) is 7.71. The topological polar surface area (TPSA) is 42.4 Å². The Morgan fingerprint density at radius 2 is 2.26 bits per heavy atom. The number of aromatic nitrogens is 1. The van der Waals surface area contributed by atoms with E-state index in [0.29, 0.717) is 11.0 Å². The summed E-state index contributed by atoms with van der Waals surface area (Å²) in [5, 5.41) is 0. The van der Waals surface area contributed by atoms with Crippen LogP contribution in [0.5, 0.6) is 0 Å². The maximum absolute atomic E-state index is 11.3. The van der Waals surface area contributed by atoms with Gasteiger partial charge in [-0.15, -0.1) is 0 Å². The summed E-state index contributed by atoms with van der Waals surface area (Å²) in [6, 6.07) is 3.69. The second-order valence-corrected chi connectivity index (χ2v) is 6.01. The number of nitrogens with zero attached hydrogens (tertiary/aromatic N) is 2. The summed E-state index contributed by atoms with van der Waals surface area (Å²) < 4.78 is 4.66. The lowest BCUT2D eigenvalue weighted by Crippen LogP contribution is -2.39. The Labute approximate surface area is 114 Å². The first-order valence-corrected chi connectivity index (χ1v) is 6.76. The molecule has 1 aliphatic rings. The predicted octanol–water partition coefficient (Wildman–Crippen LogP) is 2.49. The largest absolute Gasteiger partial charge is 0.465 e. The van der Waals surface area contributed by atoms with Crippen LogP contribution in [0.1, 0.15) is 42.7 Å². The fraction of sp³-hybridized carbons (Fsp3) is 0.600. The van der Waals surface area contributed by atoms with Crippen LogP contribution < -0.4 is 0 Å². The molecule has 0 amide bonds. The van der Waals surface area contributed by atoms with Crippen molar-refractivity contribution in [3.63, 3.8) is 0 Å². The average Bonchev–Trinajstić information content (AvgIpc) is 2.37. The second-order valence-electron chi connectivity index (χ2n) is 6.01. The highest BCUT2D eigenvalue weighted by molar-refractivity contribution is 5.88. The van der Waals surface area contributed by atoms with Crippen molar-refractivity contribution in [3.8, 4) is 0 Å². The van der Waals surface area contributed by atoms with E-state index in [1.165, 1.54) is 20.0 Å². The molecule has 4 nitrogen and oxygen atoms in total. The fourth-order valence-corrected chi connectivity index (χ4v) is 2.67. The van der Waals surface area contributed by atoms with Crippen molar-refractivity contribution in [3.05, 3.63) is 29.6 Å². The van der Waals surface area contributed by atoms with Gasteiger partial charge in [0.05, 0.1) is 18.4 Å². The highest BCUT2D eigenvalue weighted by atomic mass is 16.5. The number of carbonyl (C=O) groups excluding carboxylic acids is 1. The van der Waals surface area contributed by atoms with E-state index in [1.54, 1.807) is 12.3 Å². The molecule has 0 atom stereocenters. The van der Waals surface area contributed by atoms with Crippen LogP contribution in [0.15, 0.2) is 18.3 Å². The van der Waals surface area contributed by atoms with E-state index < -0.39 is 0 Å². The Balaban J connectivity index is 1.98. The number of rotatable bonds is 3. The van der Waals surface area contributed by atoms with E-state index in [9.17, 15) is 4.79 Å². The lowest BCUT2D eigenvalue weighted by molar-refractivity contribution is 0.0600. The molecule has 0 unspecified atom stereocenters. The van der Waals surface area contributed by atoms with Crippen LogP contribution in [-0.4, -0.2) is 36.1 Å². The van der Waals surface area contributed by atoms with Gasteiger partial charge >= 0.3 is 5.97 Å². The first-order chi connectivity index (χ1) is 9.00. The van der Waals surface area contributed by atoms with Crippen LogP contribution in [0.2, 0.25) is 0 Å². The SMILES string of the molecule is COC(=O)c1ccc(CN2CCCC(C)(C)C2)nc1. The highest BCUT2D eigenvalue weighted by Gasteiger charge is 2.26. The number of hydrogen-bond donors (Lipinski definition) is 0. The van der Waals surface area contributed by atoms with Gasteiger partial charge in [-0.1, -0.05) is 13.8 Å². The molecule has 19 heavy (non-hydrogen) atoms. The van der Waals surface area contributed by atoms with E-state index in [-0.39, 0.29) is 5.97 Å². The van der Waals surface area contributed by atoms with Crippen molar-refractivity contribution < 1.29 is 9.53 Å². The second kappa shape index (κ2) is 5.70. The summed E-state index contributed by atoms with van der Waals surface area (Å²) in [6.07, 6.45) is 4.13. The molecule has 1 aromatic rings. The molecule has 4 heteroatoms. The Hall–Kier alpha value is -1.42. The van der Waals surface area contributed by atoms with Crippen LogP contribution >= 0.6 is 0 Å². The van der Waals surface area contributed by atoms with Gasteiger partial charge in [0.15, 0.2) is 0 Å². The van der Waals surface area contributed by atoms with E-state index in [4.69, 9.17) is 0 Å². The zero-order valence-electron chi connectivity index (χ0n) is 12.0. The molecule has 1 aromatic heterocycles. The minimum absolute atomic E-state index is 0.335. The van der Waals surface area contributed by atoms with Crippen molar-refractivity contribution in [2.75, 3.05) is 20.2 Å². The van der Waals surface area contributed by atoms with Gasteiger partial charge in [-0.25, -0.2) is 4.79 Å². The number of hydrogen-bond acceptors (Lipinski definition) is 4. The maximum atomic E-state index is 11.3. The van der Waals surface area contributed by atoms with Crippen molar-refractivity contribution in [1.82, 2.24) is 9.88 Å². The molecule has 2 heterocycles. The van der Waals surface area contributed by atoms with Gasteiger partial charge in [0.2, 0.25) is 0 Å². The molecule has 0 spiro atoms. The fourth-order valence-electron chi connectivity index (χ4n) is 2.67. The molecule has 1 fully saturated rings. The van der Waals surface area contributed by atoms with Gasteiger partial charge < -0.3 is 4.74 Å². The molecule has 104 valence electrons. The summed E-state index contributed by atoms with van der Waals surface area (Å²) in [5.74, 6) is -0.335. The normalized spacial score (nSPS) is 19.1. The van der Waals surface area contributed by atoms with Crippen LogP contribution in [-0.2, 0) is 11.3 Å². The number of ether oxygens (including phenoxy) is 1. The Morgan fingerprint density at radius 1 is 1.47 bits per heavy atom. The van der Waals surface area contributed by atoms with Crippen LogP contribution in [0, 0.1) is 5.41 Å². The molecule has 1 aliphatic heterocycles. The molecule has 0 aromatic carbocycles. The van der Waals surface area contributed by atoms with Gasteiger partial charge in [-0.05, 0) is 36.9 Å². The Bertz CT molecular complexity index is 440. The van der Waals surface area contributed by atoms with Gasteiger partial charge in [-0.2, -0.15) is 0 Å². The standard InChI is InChI=1S/C15H22N2O2/c1-15(2)7-4-8-17(11-15)10-13-6-5-12(9-16-13)14(18)19-3/h5-6,9H,4,7-8,10-11H2,1-3H3. The number of carbonyl (C=O) groups is 1. The molecule has 0 radical (unpaired) electrons. The molecular weight excluding hydrogens is 240 g/mol. The van der Waals surface area contributed by atoms with Crippen LogP contribution in [0.25, 0.3) is 0 Å². The Kier molecular flexibility index (Phi) is 4.20. The zero-order chi connectivity index (χ0) is 13.9. The molecule has 0 aliphatic carbocycles. The van der Waals surface area contributed by atoms with Crippen LogP contribution in [0.3, 0.4) is 0 Å². The maximum Gasteiger partial charge on any atom is 0.339 e. The number of methoxy groups -OCH3 is 1. The summed E-state index contributed by atoms with van der Waals surface area (Å²) >= 11 is 0. The van der Waals surface area contributed by atoms with Crippen molar-refractivity contribution in [2.24, 2.45) is 5.41 Å². The first kappa shape index (κ1) is 14.0. The molecule has 1 saturated heterocycles. The summed E-state index contributed by atoms with van der Waals surface area (Å²) in [4.78, 5) is 18.1. The van der Waals surface area contributed by atoms with E-state index in [0.717, 1.165) is 25.3 Å². The lowest BCUT2D eigenvalue weighted by atomic mass is 9.84. The van der Waals surface area contributed by atoms with E-state index in [2.05, 4.69) is 28.5 Å². The van der Waals surface area contributed by atoms with Gasteiger partial charge in [0.25, 0.3) is 0 Å². The number of pyridine rings is 1. The van der Waals surface area contributed by atoms with E-state index in [1.807, 2.05) is 6.07 Å². The van der Waals surface area contributed by atoms with Gasteiger partial charge in [0, 0.05) is 19.3 Å². The smallest absolute Gasteiger partial charge is 0.339 e. The summed E-state index contributed by atoms with van der Waals surface area (Å²) in [5.41, 5.74) is 1.90. The minimum atomic E-state index is -0.335. The number of esters is 1. The molecule has 0 bridgehead atoms. The predicted molar refractivity (Wildman–Crippen MR) is 73.9 cm³/mol. The third-order valence-electron chi connectivity index (χ3n) is 3.61. The molecular formula is C15H22N2O2. The van der Waals surface area contributed by atoms with Crippen molar-refractivity contribution >= 4 is 5.97 Å². The zero-order valence-corrected chi connectivity index (χ0v) is 12.0. The Morgan fingerprint density at radius 3 is 2.84 bits per heavy atom. The van der Waals surface area contributed by atoms with Crippen molar-refractivity contribution in [2.45, 2.75) is 33.2 Å². The minimum Gasteiger partial charge on any atom is -0.465 e. The molecule has 2 rings (SSSR count). The number of likely N-dealkylation sites (tertiary alicyclic amines) is 1. The van der Waals surface area contributed by atoms with Crippen LogP contribution in [0.4, 0.5) is 0 Å². The van der Waals surface area contributed by atoms with Gasteiger partial charge in [-0.3, -0.25) is 9.88 Å². The molecule has 0 N–H and O–H groups in total. The first-order valence-electron chi connectivity index (χ1n) is 6.76. The average molecular weight is 262 g/mol. The molecule has 0 saturated carbocycles. The highest BCUT2D eigenvalue weighted by Crippen LogP contribution is 2.28. The van der Waals surface area contributed by atoms with E-state index >= 15 is 0 Å². The summed E-state index contributed by atoms with van der Waals surface area (Å²) in [7, 11) is 1.38. The van der Waals surface area contributed by atoms with Crippen molar-refractivity contribution in [1.29, 1.82) is 0 Å².